The van der Waals surface area contributed by atoms with E-state index in [0.717, 1.165) is 11.3 Å². The van der Waals surface area contributed by atoms with Gasteiger partial charge in [0.2, 0.25) is 0 Å². The molecule has 0 spiro atoms. The largest absolute Gasteiger partial charge is 0.497 e. The third-order valence-electron chi connectivity index (χ3n) is 1.88. The van der Waals surface area contributed by atoms with E-state index in [2.05, 4.69) is 15.2 Å². The molecule has 0 unspecified atom stereocenters. The van der Waals surface area contributed by atoms with Crippen molar-refractivity contribution in [1.82, 2.24) is 15.2 Å². The van der Waals surface area contributed by atoms with E-state index in [1.165, 1.54) is 6.20 Å². The molecular weight excluding hydrogens is 214 g/mol. The van der Waals surface area contributed by atoms with Gasteiger partial charge in [-0.3, -0.25) is 0 Å². The van der Waals surface area contributed by atoms with Crippen LogP contribution in [0.5, 0.6) is 5.75 Å². The van der Waals surface area contributed by atoms with Gasteiger partial charge in [0.15, 0.2) is 11.0 Å². The Balaban J connectivity index is 2.37. The Morgan fingerprint density at radius 3 is 2.53 bits per heavy atom. The summed E-state index contributed by atoms with van der Waals surface area (Å²) in [7, 11) is 1.62. The van der Waals surface area contributed by atoms with Crippen LogP contribution < -0.4 is 4.74 Å². The highest BCUT2D eigenvalue weighted by Crippen LogP contribution is 2.19. The molecule has 5 heteroatoms. The summed E-state index contributed by atoms with van der Waals surface area (Å²) >= 11 is 5.71. The first kappa shape index (κ1) is 9.86. The van der Waals surface area contributed by atoms with Crippen LogP contribution in [0.15, 0.2) is 30.5 Å². The Labute approximate surface area is 91.9 Å². The number of halogens is 1. The fourth-order valence-corrected chi connectivity index (χ4v) is 1.27. The topological polar surface area (TPSA) is 47.9 Å². The fourth-order valence-electron chi connectivity index (χ4n) is 1.15. The maximum absolute atomic E-state index is 5.71. The van der Waals surface area contributed by atoms with Gasteiger partial charge in [-0.05, 0) is 24.3 Å². The van der Waals surface area contributed by atoms with Crippen molar-refractivity contribution in [3.05, 3.63) is 35.6 Å². The van der Waals surface area contributed by atoms with Gasteiger partial charge in [-0.1, -0.05) is 11.6 Å². The van der Waals surface area contributed by atoms with Crippen LogP contribution >= 0.6 is 11.6 Å². The lowest BCUT2D eigenvalue weighted by molar-refractivity contribution is 0.415. The van der Waals surface area contributed by atoms with Crippen LogP contribution in [0.1, 0.15) is 0 Å². The third kappa shape index (κ3) is 2.22. The van der Waals surface area contributed by atoms with Crippen LogP contribution in [-0.4, -0.2) is 22.3 Å². The van der Waals surface area contributed by atoms with Crippen molar-refractivity contribution in [3.63, 3.8) is 0 Å². The number of rotatable bonds is 2. The highest BCUT2D eigenvalue weighted by molar-refractivity contribution is 6.29. The molecule has 1 aromatic carbocycles. The van der Waals surface area contributed by atoms with E-state index >= 15 is 0 Å². The molecular formula is C10H8ClN3O. The summed E-state index contributed by atoms with van der Waals surface area (Å²) in [5.74, 6) is 1.29. The lowest BCUT2D eigenvalue weighted by Crippen LogP contribution is -1.92. The second-order valence-electron chi connectivity index (χ2n) is 2.83. The van der Waals surface area contributed by atoms with Gasteiger partial charge in [-0.15, -0.1) is 5.10 Å². The highest BCUT2D eigenvalue weighted by atomic mass is 35.5. The predicted molar refractivity (Wildman–Crippen MR) is 56.8 cm³/mol. The molecule has 76 valence electrons. The van der Waals surface area contributed by atoms with Gasteiger partial charge in [0.05, 0.1) is 13.3 Å². The summed E-state index contributed by atoms with van der Waals surface area (Å²) in [6, 6.07) is 7.37. The van der Waals surface area contributed by atoms with Crippen LogP contribution in [-0.2, 0) is 0 Å². The van der Waals surface area contributed by atoms with Crippen molar-refractivity contribution in [3.8, 4) is 17.1 Å². The minimum Gasteiger partial charge on any atom is -0.497 e. The van der Waals surface area contributed by atoms with Crippen molar-refractivity contribution in [2.45, 2.75) is 0 Å². The zero-order chi connectivity index (χ0) is 10.7. The number of aromatic nitrogens is 3. The molecule has 2 aromatic rings. The van der Waals surface area contributed by atoms with Crippen molar-refractivity contribution in [2.24, 2.45) is 0 Å². The van der Waals surface area contributed by atoms with Gasteiger partial charge < -0.3 is 4.74 Å². The van der Waals surface area contributed by atoms with Gasteiger partial charge in [-0.2, -0.15) is 5.10 Å². The van der Waals surface area contributed by atoms with Crippen molar-refractivity contribution in [2.75, 3.05) is 7.11 Å². The Hall–Kier alpha value is -1.68. The number of nitrogens with zero attached hydrogens (tertiary/aromatic N) is 3. The van der Waals surface area contributed by atoms with Crippen LogP contribution in [0.3, 0.4) is 0 Å². The van der Waals surface area contributed by atoms with E-state index in [9.17, 15) is 0 Å². The Bertz CT molecular complexity index is 458. The summed E-state index contributed by atoms with van der Waals surface area (Å²) in [6.07, 6.45) is 1.40. The van der Waals surface area contributed by atoms with Crippen LogP contribution in [0.2, 0.25) is 5.15 Å². The summed E-state index contributed by atoms with van der Waals surface area (Å²) in [5.41, 5.74) is 0.853. The number of ether oxygens (including phenoxy) is 1. The minimum atomic E-state index is 0.329. The summed E-state index contributed by atoms with van der Waals surface area (Å²) in [4.78, 5) is 4.05. The molecule has 0 fully saturated rings. The molecule has 0 amide bonds. The molecule has 15 heavy (non-hydrogen) atoms. The first-order valence-corrected chi connectivity index (χ1v) is 4.67. The maximum atomic E-state index is 5.71. The fraction of sp³-hybridized carbons (Fsp3) is 0.100. The third-order valence-corrected chi connectivity index (χ3v) is 2.06. The molecule has 0 radical (unpaired) electrons. The second kappa shape index (κ2) is 4.23. The first-order valence-electron chi connectivity index (χ1n) is 4.29. The second-order valence-corrected chi connectivity index (χ2v) is 3.22. The molecule has 1 heterocycles. The average Bonchev–Trinajstić information content (AvgIpc) is 2.29. The molecule has 0 saturated carbocycles. The average molecular weight is 222 g/mol. The summed E-state index contributed by atoms with van der Waals surface area (Å²) in [5, 5.41) is 7.94. The van der Waals surface area contributed by atoms with Crippen LogP contribution in [0, 0.1) is 0 Å². The molecule has 1 aromatic heterocycles. The zero-order valence-electron chi connectivity index (χ0n) is 8.01. The van der Waals surface area contributed by atoms with Crippen molar-refractivity contribution < 1.29 is 4.74 Å². The van der Waals surface area contributed by atoms with E-state index in [4.69, 9.17) is 16.3 Å². The van der Waals surface area contributed by atoms with Crippen molar-refractivity contribution in [1.29, 1.82) is 0 Å². The molecule has 4 nitrogen and oxygen atoms in total. The van der Waals surface area contributed by atoms with Gasteiger partial charge in [0.25, 0.3) is 0 Å². The quantitative estimate of drug-likeness (QED) is 0.780. The van der Waals surface area contributed by atoms with Gasteiger partial charge in [0.1, 0.15) is 5.75 Å². The number of hydrogen-bond donors (Lipinski definition) is 0. The summed E-state index contributed by atoms with van der Waals surface area (Å²) in [6.45, 7) is 0. The Kier molecular flexibility index (Phi) is 2.78. The Morgan fingerprint density at radius 1 is 1.20 bits per heavy atom. The number of hydrogen-bond acceptors (Lipinski definition) is 4. The normalized spacial score (nSPS) is 10.0. The SMILES string of the molecule is COc1ccc(-c2nncc(Cl)n2)cc1. The van der Waals surface area contributed by atoms with Gasteiger partial charge in [-0.25, -0.2) is 4.98 Å². The van der Waals surface area contributed by atoms with Gasteiger partial charge >= 0.3 is 0 Å². The lowest BCUT2D eigenvalue weighted by atomic mass is 10.2. The number of methoxy groups -OCH3 is 1. The zero-order valence-corrected chi connectivity index (χ0v) is 8.77. The van der Waals surface area contributed by atoms with Crippen molar-refractivity contribution >= 4 is 11.6 Å². The van der Waals surface area contributed by atoms with Gasteiger partial charge in [0, 0.05) is 5.56 Å². The van der Waals surface area contributed by atoms with E-state index in [-0.39, 0.29) is 0 Å². The van der Waals surface area contributed by atoms with Crippen LogP contribution in [0.25, 0.3) is 11.4 Å². The first-order chi connectivity index (χ1) is 7.29. The number of benzene rings is 1. The minimum absolute atomic E-state index is 0.329. The summed E-state index contributed by atoms with van der Waals surface area (Å²) < 4.78 is 5.05. The van der Waals surface area contributed by atoms with E-state index in [0.29, 0.717) is 11.0 Å². The standard InChI is InChI=1S/C10H8ClN3O/c1-15-8-4-2-7(3-5-8)10-13-9(11)6-12-14-10/h2-6H,1H3. The van der Waals surface area contributed by atoms with E-state index < -0.39 is 0 Å². The predicted octanol–water partition coefficient (Wildman–Crippen LogP) is 2.20. The molecule has 0 N–H and O–H groups in total. The lowest BCUT2D eigenvalue weighted by Gasteiger charge is -2.01. The molecule has 0 aliphatic heterocycles. The molecule has 0 atom stereocenters. The Morgan fingerprint density at radius 2 is 1.93 bits per heavy atom. The maximum Gasteiger partial charge on any atom is 0.183 e. The molecule has 0 aliphatic rings. The van der Waals surface area contributed by atoms with E-state index in [1.54, 1.807) is 7.11 Å². The monoisotopic (exact) mass is 221 g/mol. The van der Waals surface area contributed by atoms with E-state index in [1.807, 2.05) is 24.3 Å². The molecule has 0 bridgehead atoms. The van der Waals surface area contributed by atoms with Crippen LogP contribution in [0.4, 0.5) is 0 Å². The molecule has 0 aliphatic carbocycles. The molecule has 0 saturated heterocycles. The smallest absolute Gasteiger partial charge is 0.183 e. The highest BCUT2D eigenvalue weighted by Gasteiger charge is 2.02. The molecule has 2 rings (SSSR count).